The fourth-order valence-corrected chi connectivity index (χ4v) is 1.88. The molecule has 0 spiro atoms. The van der Waals surface area contributed by atoms with E-state index in [1.807, 2.05) is 25.1 Å². The van der Waals surface area contributed by atoms with Crippen LogP contribution in [0.25, 0.3) is 10.9 Å². The van der Waals surface area contributed by atoms with Crippen LogP contribution in [0.2, 0.25) is 0 Å². The number of hydrogen-bond donors (Lipinski definition) is 2. The highest BCUT2D eigenvalue weighted by Gasteiger charge is 2.19. The van der Waals surface area contributed by atoms with Gasteiger partial charge in [0.1, 0.15) is 0 Å². The third kappa shape index (κ3) is 1.75. The first-order valence-electron chi connectivity index (χ1n) is 5.12. The Morgan fingerprint density at radius 3 is 2.88 bits per heavy atom. The summed E-state index contributed by atoms with van der Waals surface area (Å²) in [4.78, 5) is 14.6. The number of carbonyl (C=O) groups excluding carboxylic acids is 1. The van der Waals surface area contributed by atoms with Crippen molar-refractivity contribution in [1.29, 1.82) is 0 Å². The SMILES string of the molecule is COC(=O)/C(=N\N)c1c[nH]c2cccc(C)c12. The second kappa shape index (κ2) is 4.29. The van der Waals surface area contributed by atoms with Crippen LogP contribution in [0, 0.1) is 6.92 Å². The molecular weight excluding hydrogens is 218 g/mol. The summed E-state index contributed by atoms with van der Waals surface area (Å²) in [5.74, 6) is 4.71. The van der Waals surface area contributed by atoms with Crippen molar-refractivity contribution in [3.8, 4) is 0 Å². The van der Waals surface area contributed by atoms with E-state index in [2.05, 4.69) is 14.8 Å². The zero-order valence-corrected chi connectivity index (χ0v) is 9.65. The van der Waals surface area contributed by atoms with Gasteiger partial charge in [-0.3, -0.25) is 0 Å². The van der Waals surface area contributed by atoms with E-state index < -0.39 is 5.97 Å². The summed E-state index contributed by atoms with van der Waals surface area (Å²) in [6, 6.07) is 5.83. The summed E-state index contributed by atoms with van der Waals surface area (Å²) in [5, 5.41) is 4.45. The van der Waals surface area contributed by atoms with E-state index in [1.165, 1.54) is 7.11 Å². The first-order valence-corrected chi connectivity index (χ1v) is 5.12. The van der Waals surface area contributed by atoms with Gasteiger partial charge in [0.2, 0.25) is 0 Å². The third-order valence-corrected chi connectivity index (χ3v) is 2.68. The van der Waals surface area contributed by atoms with E-state index >= 15 is 0 Å². The lowest BCUT2D eigenvalue weighted by atomic mass is 10.0. The number of methoxy groups -OCH3 is 1. The molecule has 3 N–H and O–H groups in total. The molecule has 1 aromatic carbocycles. The molecule has 5 heteroatoms. The number of benzene rings is 1. The Morgan fingerprint density at radius 2 is 2.24 bits per heavy atom. The van der Waals surface area contributed by atoms with Crippen LogP contribution in [0.3, 0.4) is 0 Å². The first kappa shape index (κ1) is 11.2. The molecule has 0 amide bonds. The van der Waals surface area contributed by atoms with Gasteiger partial charge in [0.25, 0.3) is 0 Å². The lowest BCUT2D eigenvalue weighted by molar-refractivity contribution is -0.132. The van der Waals surface area contributed by atoms with Gasteiger partial charge in [-0.2, -0.15) is 5.10 Å². The minimum Gasteiger partial charge on any atom is -0.464 e. The molecule has 1 aromatic heterocycles. The Bertz CT molecular complexity index is 599. The molecule has 2 aromatic rings. The number of hydrazone groups is 1. The highest BCUT2D eigenvalue weighted by atomic mass is 16.5. The molecular formula is C12H13N3O2. The second-order valence-electron chi connectivity index (χ2n) is 3.67. The number of rotatable bonds is 2. The highest BCUT2D eigenvalue weighted by Crippen LogP contribution is 2.22. The van der Waals surface area contributed by atoms with Crippen LogP contribution in [0.15, 0.2) is 29.5 Å². The maximum Gasteiger partial charge on any atom is 0.359 e. The van der Waals surface area contributed by atoms with Crippen molar-refractivity contribution in [2.75, 3.05) is 7.11 Å². The zero-order chi connectivity index (χ0) is 12.4. The Hall–Kier alpha value is -2.30. The van der Waals surface area contributed by atoms with E-state index in [0.717, 1.165) is 16.5 Å². The van der Waals surface area contributed by atoms with Crippen molar-refractivity contribution < 1.29 is 9.53 Å². The third-order valence-electron chi connectivity index (χ3n) is 2.68. The number of aromatic nitrogens is 1. The predicted molar refractivity (Wildman–Crippen MR) is 65.8 cm³/mol. The molecule has 0 unspecified atom stereocenters. The Kier molecular flexibility index (Phi) is 2.82. The average molecular weight is 231 g/mol. The largest absolute Gasteiger partial charge is 0.464 e. The van der Waals surface area contributed by atoms with Crippen LogP contribution in [-0.4, -0.2) is 23.8 Å². The normalized spacial score (nSPS) is 11.8. The minimum absolute atomic E-state index is 0.119. The number of nitrogens with zero attached hydrogens (tertiary/aromatic N) is 1. The number of ether oxygens (including phenoxy) is 1. The molecule has 2 rings (SSSR count). The molecule has 0 atom stereocenters. The second-order valence-corrected chi connectivity index (χ2v) is 3.67. The Labute approximate surface area is 98.3 Å². The number of nitrogens with one attached hydrogen (secondary N) is 1. The van der Waals surface area contributed by atoms with Gasteiger partial charge in [-0.15, -0.1) is 0 Å². The molecule has 1 heterocycles. The van der Waals surface area contributed by atoms with Gasteiger partial charge < -0.3 is 15.6 Å². The van der Waals surface area contributed by atoms with Crippen LogP contribution in [0.1, 0.15) is 11.1 Å². The fourth-order valence-electron chi connectivity index (χ4n) is 1.88. The maximum absolute atomic E-state index is 11.5. The number of fused-ring (bicyclic) bond motifs is 1. The van der Waals surface area contributed by atoms with Gasteiger partial charge in [0.05, 0.1) is 7.11 Å². The van der Waals surface area contributed by atoms with Crippen LogP contribution in [0.4, 0.5) is 0 Å². The molecule has 0 fully saturated rings. The molecule has 0 bridgehead atoms. The van der Waals surface area contributed by atoms with E-state index in [-0.39, 0.29) is 5.71 Å². The van der Waals surface area contributed by atoms with Gasteiger partial charge in [0.15, 0.2) is 5.71 Å². The highest BCUT2D eigenvalue weighted by molar-refractivity contribution is 6.45. The molecule has 17 heavy (non-hydrogen) atoms. The molecule has 0 saturated carbocycles. The Morgan fingerprint density at radius 1 is 1.47 bits per heavy atom. The number of aryl methyl sites for hydroxylation is 1. The van der Waals surface area contributed by atoms with Crippen LogP contribution < -0.4 is 5.84 Å². The lowest BCUT2D eigenvalue weighted by Gasteiger charge is -2.03. The number of H-pyrrole nitrogens is 1. The quantitative estimate of drug-likeness (QED) is 0.354. The Balaban J connectivity index is 2.67. The van der Waals surface area contributed by atoms with E-state index in [1.54, 1.807) is 6.20 Å². The average Bonchev–Trinajstić information content (AvgIpc) is 2.75. The van der Waals surface area contributed by atoms with Crippen molar-refractivity contribution in [2.24, 2.45) is 10.9 Å². The maximum atomic E-state index is 11.5. The standard InChI is InChI=1S/C12H13N3O2/c1-7-4-3-5-9-10(7)8(6-14-9)11(15-13)12(16)17-2/h3-6,14H,13H2,1-2H3/b15-11-. The van der Waals surface area contributed by atoms with E-state index in [0.29, 0.717) is 5.56 Å². The van der Waals surface area contributed by atoms with Crippen molar-refractivity contribution in [3.63, 3.8) is 0 Å². The number of aromatic amines is 1. The van der Waals surface area contributed by atoms with Crippen molar-refractivity contribution in [3.05, 3.63) is 35.5 Å². The number of carbonyl (C=O) groups is 1. The monoisotopic (exact) mass is 231 g/mol. The number of hydrogen-bond acceptors (Lipinski definition) is 4. The van der Waals surface area contributed by atoms with Crippen molar-refractivity contribution in [2.45, 2.75) is 6.92 Å². The summed E-state index contributed by atoms with van der Waals surface area (Å²) < 4.78 is 4.65. The van der Waals surface area contributed by atoms with Crippen molar-refractivity contribution >= 4 is 22.6 Å². The van der Waals surface area contributed by atoms with Gasteiger partial charge in [-0.05, 0) is 18.6 Å². The molecule has 88 valence electrons. The summed E-state index contributed by atoms with van der Waals surface area (Å²) in [6.45, 7) is 1.96. The van der Waals surface area contributed by atoms with Gasteiger partial charge >= 0.3 is 5.97 Å². The number of nitrogens with two attached hydrogens (primary N) is 1. The van der Waals surface area contributed by atoms with Gasteiger partial charge in [-0.1, -0.05) is 12.1 Å². The van der Waals surface area contributed by atoms with Gasteiger partial charge in [-0.25, -0.2) is 4.79 Å². The smallest absolute Gasteiger partial charge is 0.359 e. The minimum atomic E-state index is -0.545. The molecule has 5 nitrogen and oxygen atoms in total. The lowest BCUT2D eigenvalue weighted by Crippen LogP contribution is -2.18. The van der Waals surface area contributed by atoms with Crippen molar-refractivity contribution in [1.82, 2.24) is 4.98 Å². The molecule has 0 saturated heterocycles. The van der Waals surface area contributed by atoms with Gasteiger partial charge in [0, 0.05) is 22.7 Å². The topological polar surface area (TPSA) is 80.5 Å². The van der Waals surface area contributed by atoms with E-state index in [4.69, 9.17) is 5.84 Å². The summed E-state index contributed by atoms with van der Waals surface area (Å²) >= 11 is 0. The van der Waals surface area contributed by atoms with Crippen LogP contribution >= 0.6 is 0 Å². The zero-order valence-electron chi connectivity index (χ0n) is 9.65. The predicted octanol–water partition coefficient (Wildman–Crippen LogP) is 1.31. The molecule has 0 aliphatic heterocycles. The first-order chi connectivity index (χ1) is 8.19. The summed E-state index contributed by atoms with van der Waals surface area (Å²) in [5.41, 5.74) is 2.76. The number of esters is 1. The van der Waals surface area contributed by atoms with Crippen LogP contribution in [0.5, 0.6) is 0 Å². The summed E-state index contributed by atoms with van der Waals surface area (Å²) in [7, 11) is 1.30. The van der Waals surface area contributed by atoms with E-state index in [9.17, 15) is 4.79 Å². The fraction of sp³-hybridized carbons (Fsp3) is 0.167. The summed E-state index contributed by atoms with van der Waals surface area (Å²) in [6.07, 6.45) is 1.71. The van der Waals surface area contributed by atoms with Crippen LogP contribution in [-0.2, 0) is 9.53 Å². The molecule has 0 radical (unpaired) electrons. The molecule has 0 aliphatic carbocycles. The molecule has 0 aliphatic rings.